The molecule has 2 rings (SSSR count). The standard InChI is InChI=1S/C14H18N2/c1-2-8-15-9-6-12-4-3-5-13-11-16-10-7-14(12)13/h3-5,7,10-11,15H,2,6,8-9H2,1H3. The second-order valence-corrected chi connectivity index (χ2v) is 4.01. The van der Waals surface area contributed by atoms with Gasteiger partial charge in [0.15, 0.2) is 0 Å². The minimum Gasteiger partial charge on any atom is -0.316 e. The predicted molar refractivity (Wildman–Crippen MR) is 68.6 cm³/mol. The third-order valence-electron chi connectivity index (χ3n) is 2.77. The van der Waals surface area contributed by atoms with E-state index in [2.05, 4.69) is 41.5 Å². The van der Waals surface area contributed by atoms with Crippen molar-refractivity contribution in [3.05, 3.63) is 42.2 Å². The summed E-state index contributed by atoms with van der Waals surface area (Å²) in [5, 5.41) is 5.99. The topological polar surface area (TPSA) is 24.9 Å². The molecule has 16 heavy (non-hydrogen) atoms. The van der Waals surface area contributed by atoms with Crippen LogP contribution in [-0.4, -0.2) is 18.1 Å². The summed E-state index contributed by atoms with van der Waals surface area (Å²) >= 11 is 0. The minimum atomic E-state index is 1.05. The van der Waals surface area contributed by atoms with Crippen LogP contribution in [0.2, 0.25) is 0 Å². The van der Waals surface area contributed by atoms with Crippen LogP contribution < -0.4 is 5.32 Å². The summed E-state index contributed by atoms with van der Waals surface area (Å²) in [6.45, 7) is 4.35. The van der Waals surface area contributed by atoms with Crippen LogP contribution in [0.4, 0.5) is 0 Å². The number of pyridine rings is 1. The largest absolute Gasteiger partial charge is 0.316 e. The Hall–Kier alpha value is -1.41. The molecule has 0 atom stereocenters. The molecule has 0 radical (unpaired) electrons. The van der Waals surface area contributed by atoms with Crippen LogP contribution in [0.25, 0.3) is 10.8 Å². The number of fused-ring (bicyclic) bond motifs is 1. The number of benzene rings is 1. The molecule has 2 nitrogen and oxygen atoms in total. The van der Waals surface area contributed by atoms with Crippen molar-refractivity contribution in [3.8, 4) is 0 Å². The summed E-state index contributed by atoms with van der Waals surface area (Å²) in [6.07, 6.45) is 6.07. The summed E-state index contributed by atoms with van der Waals surface area (Å²) in [5.74, 6) is 0. The summed E-state index contributed by atoms with van der Waals surface area (Å²) in [5.41, 5.74) is 1.41. The molecule has 1 N–H and O–H groups in total. The Morgan fingerprint density at radius 3 is 3.00 bits per heavy atom. The Kier molecular flexibility index (Phi) is 3.89. The van der Waals surface area contributed by atoms with Gasteiger partial charge in [-0.25, -0.2) is 0 Å². The number of hydrogen-bond donors (Lipinski definition) is 1. The van der Waals surface area contributed by atoms with Crippen molar-refractivity contribution >= 4 is 10.8 Å². The van der Waals surface area contributed by atoms with Crippen LogP contribution in [0.5, 0.6) is 0 Å². The first-order valence-corrected chi connectivity index (χ1v) is 5.94. The molecule has 1 aromatic carbocycles. The molecule has 1 heterocycles. The van der Waals surface area contributed by atoms with Gasteiger partial charge in [0.2, 0.25) is 0 Å². The lowest BCUT2D eigenvalue weighted by Crippen LogP contribution is -2.17. The van der Waals surface area contributed by atoms with Crippen molar-refractivity contribution in [1.82, 2.24) is 10.3 Å². The van der Waals surface area contributed by atoms with E-state index in [1.807, 2.05) is 12.4 Å². The Labute approximate surface area is 96.7 Å². The van der Waals surface area contributed by atoms with Crippen LogP contribution >= 0.6 is 0 Å². The first-order chi connectivity index (χ1) is 7.92. The van der Waals surface area contributed by atoms with Gasteiger partial charge in [0.25, 0.3) is 0 Å². The zero-order valence-electron chi connectivity index (χ0n) is 9.74. The van der Waals surface area contributed by atoms with Gasteiger partial charge >= 0.3 is 0 Å². The summed E-state index contributed by atoms with van der Waals surface area (Å²) < 4.78 is 0. The van der Waals surface area contributed by atoms with Crippen LogP contribution in [0.1, 0.15) is 18.9 Å². The van der Waals surface area contributed by atoms with E-state index in [-0.39, 0.29) is 0 Å². The van der Waals surface area contributed by atoms with E-state index in [4.69, 9.17) is 0 Å². The van der Waals surface area contributed by atoms with Gasteiger partial charge in [-0.05, 0) is 42.9 Å². The van der Waals surface area contributed by atoms with E-state index in [0.717, 1.165) is 19.5 Å². The minimum absolute atomic E-state index is 1.05. The maximum atomic E-state index is 4.15. The van der Waals surface area contributed by atoms with Crippen molar-refractivity contribution in [1.29, 1.82) is 0 Å². The van der Waals surface area contributed by atoms with Crippen molar-refractivity contribution in [2.24, 2.45) is 0 Å². The molecular weight excluding hydrogens is 196 g/mol. The molecule has 1 aromatic heterocycles. The average molecular weight is 214 g/mol. The zero-order valence-corrected chi connectivity index (χ0v) is 9.74. The zero-order chi connectivity index (χ0) is 11.2. The smallest absolute Gasteiger partial charge is 0.0346 e. The summed E-state index contributed by atoms with van der Waals surface area (Å²) in [4.78, 5) is 4.15. The van der Waals surface area contributed by atoms with Gasteiger partial charge in [0.05, 0.1) is 0 Å². The second kappa shape index (κ2) is 5.61. The number of nitrogens with one attached hydrogen (secondary N) is 1. The van der Waals surface area contributed by atoms with E-state index in [9.17, 15) is 0 Å². The lowest BCUT2D eigenvalue weighted by atomic mass is 10.0. The number of nitrogens with zero attached hydrogens (tertiary/aromatic N) is 1. The molecule has 0 aliphatic heterocycles. The Morgan fingerprint density at radius 1 is 1.19 bits per heavy atom. The molecule has 0 amide bonds. The molecule has 0 aliphatic rings. The van der Waals surface area contributed by atoms with Crippen LogP contribution in [0, 0.1) is 0 Å². The van der Waals surface area contributed by atoms with Crippen molar-refractivity contribution in [2.45, 2.75) is 19.8 Å². The van der Waals surface area contributed by atoms with Gasteiger partial charge in [0.1, 0.15) is 0 Å². The highest BCUT2D eigenvalue weighted by atomic mass is 14.8. The van der Waals surface area contributed by atoms with Gasteiger partial charge in [-0.1, -0.05) is 25.1 Å². The molecular formula is C14H18N2. The van der Waals surface area contributed by atoms with Crippen molar-refractivity contribution in [2.75, 3.05) is 13.1 Å². The van der Waals surface area contributed by atoms with E-state index < -0.39 is 0 Å². The van der Waals surface area contributed by atoms with E-state index in [1.165, 1.54) is 22.8 Å². The molecule has 0 unspecified atom stereocenters. The molecule has 0 saturated carbocycles. The summed E-state index contributed by atoms with van der Waals surface area (Å²) in [6, 6.07) is 8.53. The highest BCUT2D eigenvalue weighted by molar-refractivity contribution is 5.84. The highest BCUT2D eigenvalue weighted by Gasteiger charge is 1.99. The first-order valence-electron chi connectivity index (χ1n) is 5.94. The normalized spacial score (nSPS) is 10.8. The Morgan fingerprint density at radius 2 is 2.12 bits per heavy atom. The van der Waals surface area contributed by atoms with E-state index in [0.29, 0.717) is 0 Å². The molecule has 0 aliphatic carbocycles. The SMILES string of the molecule is CCCNCCc1cccc2cnccc12. The molecule has 0 saturated heterocycles. The third kappa shape index (κ3) is 2.58. The lowest BCUT2D eigenvalue weighted by molar-refractivity contribution is 0.672. The van der Waals surface area contributed by atoms with E-state index >= 15 is 0 Å². The fraction of sp³-hybridized carbons (Fsp3) is 0.357. The van der Waals surface area contributed by atoms with Gasteiger partial charge in [0, 0.05) is 17.8 Å². The van der Waals surface area contributed by atoms with Crippen molar-refractivity contribution < 1.29 is 0 Å². The van der Waals surface area contributed by atoms with E-state index in [1.54, 1.807) is 0 Å². The monoisotopic (exact) mass is 214 g/mol. The van der Waals surface area contributed by atoms with Crippen LogP contribution in [-0.2, 0) is 6.42 Å². The summed E-state index contributed by atoms with van der Waals surface area (Å²) in [7, 11) is 0. The number of hydrogen-bond acceptors (Lipinski definition) is 2. The van der Waals surface area contributed by atoms with Gasteiger partial charge in [-0.3, -0.25) is 4.98 Å². The number of rotatable bonds is 5. The fourth-order valence-electron chi connectivity index (χ4n) is 1.93. The van der Waals surface area contributed by atoms with Gasteiger partial charge in [-0.15, -0.1) is 0 Å². The lowest BCUT2D eigenvalue weighted by Gasteiger charge is -2.06. The Bertz CT molecular complexity index is 446. The third-order valence-corrected chi connectivity index (χ3v) is 2.77. The fourth-order valence-corrected chi connectivity index (χ4v) is 1.93. The molecule has 0 bridgehead atoms. The highest BCUT2D eigenvalue weighted by Crippen LogP contribution is 2.17. The molecule has 0 spiro atoms. The first kappa shape index (κ1) is 11.1. The quantitative estimate of drug-likeness (QED) is 0.774. The van der Waals surface area contributed by atoms with Crippen LogP contribution in [0.3, 0.4) is 0 Å². The van der Waals surface area contributed by atoms with Gasteiger partial charge in [-0.2, -0.15) is 0 Å². The molecule has 84 valence electrons. The maximum Gasteiger partial charge on any atom is 0.0346 e. The van der Waals surface area contributed by atoms with Crippen LogP contribution in [0.15, 0.2) is 36.7 Å². The molecule has 2 heteroatoms. The second-order valence-electron chi connectivity index (χ2n) is 4.01. The predicted octanol–water partition coefficient (Wildman–Crippen LogP) is 2.78. The van der Waals surface area contributed by atoms with Gasteiger partial charge < -0.3 is 5.32 Å². The Balaban J connectivity index is 2.11. The average Bonchev–Trinajstić information content (AvgIpc) is 2.35. The molecule has 0 fully saturated rings. The van der Waals surface area contributed by atoms with Crippen molar-refractivity contribution in [3.63, 3.8) is 0 Å². The maximum absolute atomic E-state index is 4.15. The molecule has 2 aromatic rings. The number of aromatic nitrogens is 1.